The first-order chi connectivity index (χ1) is 8.70. The summed E-state index contributed by atoms with van der Waals surface area (Å²) in [6.45, 7) is 6.34. The van der Waals surface area contributed by atoms with Gasteiger partial charge in [-0.05, 0) is 44.4 Å². The van der Waals surface area contributed by atoms with Gasteiger partial charge in [-0.1, -0.05) is 31.2 Å². The summed E-state index contributed by atoms with van der Waals surface area (Å²) in [5.41, 5.74) is 3.11. The maximum atomic E-state index is 5.80. The number of hydrogen-bond donors (Lipinski definition) is 1. The minimum absolute atomic E-state index is 0.266. The van der Waals surface area contributed by atoms with Gasteiger partial charge in [-0.15, -0.1) is 0 Å². The van der Waals surface area contributed by atoms with Gasteiger partial charge >= 0.3 is 0 Å². The molecule has 1 fully saturated rings. The Morgan fingerprint density at radius 1 is 1.28 bits per heavy atom. The summed E-state index contributed by atoms with van der Waals surface area (Å²) in [5.74, 6) is 0. The van der Waals surface area contributed by atoms with Crippen molar-refractivity contribution in [3.05, 3.63) is 35.4 Å². The Bertz CT molecular complexity index is 373. The minimum atomic E-state index is 0.266. The molecule has 1 N–H and O–H groups in total. The van der Waals surface area contributed by atoms with Crippen LogP contribution in [0.4, 0.5) is 0 Å². The van der Waals surface area contributed by atoms with Gasteiger partial charge in [0.25, 0.3) is 0 Å². The van der Waals surface area contributed by atoms with Gasteiger partial charge in [0.2, 0.25) is 0 Å². The molecule has 2 heteroatoms. The number of aryl methyl sites for hydroxylation is 1. The van der Waals surface area contributed by atoms with E-state index in [1.54, 1.807) is 0 Å². The van der Waals surface area contributed by atoms with Gasteiger partial charge in [-0.3, -0.25) is 0 Å². The summed E-state index contributed by atoms with van der Waals surface area (Å²) in [6, 6.07) is 9.06. The second-order valence-corrected chi connectivity index (χ2v) is 5.50. The average Bonchev–Trinajstić information content (AvgIpc) is 2.72. The van der Waals surface area contributed by atoms with Crippen molar-refractivity contribution in [3.8, 4) is 0 Å². The number of rotatable bonds is 5. The van der Waals surface area contributed by atoms with Gasteiger partial charge in [0.1, 0.15) is 0 Å². The monoisotopic (exact) mass is 247 g/mol. The third-order valence-electron chi connectivity index (χ3n) is 4.35. The van der Waals surface area contributed by atoms with E-state index >= 15 is 0 Å². The molecule has 0 bridgehead atoms. The lowest BCUT2D eigenvalue weighted by Crippen LogP contribution is -2.40. The lowest BCUT2D eigenvalue weighted by Gasteiger charge is -2.32. The highest BCUT2D eigenvalue weighted by Crippen LogP contribution is 2.37. The van der Waals surface area contributed by atoms with E-state index in [9.17, 15) is 0 Å². The van der Waals surface area contributed by atoms with Crippen LogP contribution in [-0.4, -0.2) is 26.3 Å². The van der Waals surface area contributed by atoms with E-state index in [-0.39, 0.29) is 5.41 Å². The van der Waals surface area contributed by atoms with Gasteiger partial charge in [0.15, 0.2) is 0 Å². The molecule has 18 heavy (non-hydrogen) atoms. The summed E-state index contributed by atoms with van der Waals surface area (Å²) in [5, 5.41) is 3.34. The van der Waals surface area contributed by atoms with Crippen LogP contribution in [0.1, 0.15) is 31.4 Å². The smallest absolute Gasteiger partial charge is 0.0619 e. The standard InChI is InChI=1S/C16H25NO/c1-4-14-5-7-15(8-6-14)11-16(12-17-3)9-10-18-13(16)2/h5-8,13,17H,4,9-12H2,1-3H3. The zero-order valence-electron chi connectivity index (χ0n) is 11.8. The molecule has 1 saturated heterocycles. The molecule has 1 heterocycles. The highest BCUT2D eigenvalue weighted by Gasteiger charge is 2.40. The highest BCUT2D eigenvalue weighted by molar-refractivity contribution is 5.24. The lowest BCUT2D eigenvalue weighted by molar-refractivity contribution is 0.0640. The fourth-order valence-corrected chi connectivity index (χ4v) is 3.00. The fraction of sp³-hybridized carbons (Fsp3) is 0.625. The zero-order valence-corrected chi connectivity index (χ0v) is 11.8. The van der Waals surface area contributed by atoms with Crippen molar-refractivity contribution in [3.63, 3.8) is 0 Å². The van der Waals surface area contributed by atoms with Crippen LogP contribution in [0, 0.1) is 5.41 Å². The fourth-order valence-electron chi connectivity index (χ4n) is 3.00. The molecule has 1 aliphatic rings. The van der Waals surface area contributed by atoms with Gasteiger partial charge in [0, 0.05) is 18.6 Å². The SMILES string of the molecule is CCc1ccc(CC2(CNC)CCOC2C)cc1. The second-order valence-electron chi connectivity index (χ2n) is 5.50. The van der Waals surface area contributed by atoms with Gasteiger partial charge in [0.05, 0.1) is 6.10 Å². The summed E-state index contributed by atoms with van der Waals surface area (Å²) >= 11 is 0. The zero-order chi connectivity index (χ0) is 13.0. The first-order valence-corrected chi connectivity index (χ1v) is 7.04. The van der Waals surface area contributed by atoms with E-state index in [1.165, 1.54) is 11.1 Å². The molecule has 2 atom stereocenters. The van der Waals surface area contributed by atoms with Crippen molar-refractivity contribution < 1.29 is 4.74 Å². The number of ether oxygens (including phenoxy) is 1. The molecule has 2 unspecified atom stereocenters. The van der Waals surface area contributed by atoms with Crippen molar-refractivity contribution in [2.75, 3.05) is 20.2 Å². The molecule has 0 amide bonds. The maximum Gasteiger partial charge on any atom is 0.0619 e. The molecule has 0 aliphatic carbocycles. The number of benzene rings is 1. The summed E-state index contributed by atoms with van der Waals surface area (Å²) < 4.78 is 5.80. The van der Waals surface area contributed by atoms with Crippen molar-refractivity contribution in [2.24, 2.45) is 5.41 Å². The Morgan fingerprint density at radius 2 is 1.94 bits per heavy atom. The predicted molar refractivity (Wildman–Crippen MR) is 75.9 cm³/mol. The molecule has 0 spiro atoms. The van der Waals surface area contributed by atoms with Crippen molar-refractivity contribution in [1.29, 1.82) is 0 Å². The van der Waals surface area contributed by atoms with Crippen LogP contribution in [0.15, 0.2) is 24.3 Å². The van der Waals surface area contributed by atoms with Crippen molar-refractivity contribution in [2.45, 2.75) is 39.2 Å². The largest absolute Gasteiger partial charge is 0.378 e. The minimum Gasteiger partial charge on any atom is -0.378 e. The molecule has 0 aromatic heterocycles. The Morgan fingerprint density at radius 3 is 2.44 bits per heavy atom. The van der Waals surface area contributed by atoms with E-state index in [1.807, 2.05) is 7.05 Å². The summed E-state index contributed by atoms with van der Waals surface area (Å²) in [4.78, 5) is 0. The normalized spacial score (nSPS) is 27.6. The van der Waals surface area contributed by atoms with Crippen molar-refractivity contribution in [1.82, 2.24) is 5.32 Å². The molecule has 0 radical (unpaired) electrons. The molecule has 1 aromatic carbocycles. The molecule has 2 nitrogen and oxygen atoms in total. The van der Waals surface area contributed by atoms with Crippen LogP contribution in [-0.2, 0) is 17.6 Å². The van der Waals surface area contributed by atoms with Crippen LogP contribution < -0.4 is 5.32 Å². The molecular weight excluding hydrogens is 222 g/mol. The number of hydrogen-bond acceptors (Lipinski definition) is 2. The second kappa shape index (κ2) is 5.85. The van der Waals surface area contributed by atoms with Crippen molar-refractivity contribution >= 4 is 0 Å². The van der Waals surface area contributed by atoms with Crippen LogP contribution in [0.3, 0.4) is 0 Å². The molecule has 2 rings (SSSR count). The predicted octanol–water partition coefficient (Wildman–Crippen LogP) is 2.81. The van der Waals surface area contributed by atoms with Gasteiger partial charge in [-0.25, -0.2) is 0 Å². The van der Waals surface area contributed by atoms with E-state index < -0.39 is 0 Å². The summed E-state index contributed by atoms with van der Waals surface area (Å²) in [7, 11) is 2.03. The van der Waals surface area contributed by atoms with Crippen LogP contribution in [0.2, 0.25) is 0 Å². The molecule has 0 saturated carbocycles. The first kappa shape index (κ1) is 13.6. The van der Waals surface area contributed by atoms with Gasteiger partial charge in [-0.2, -0.15) is 0 Å². The van der Waals surface area contributed by atoms with E-state index in [0.29, 0.717) is 6.10 Å². The maximum absolute atomic E-state index is 5.80. The quantitative estimate of drug-likeness (QED) is 0.864. The molecular formula is C16H25NO. The Balaban J connectivity index is 2.13. The highest BCUT2D eigenvalue weighted by atomic mass is 16.5. The summed E-state index contributed by atoms with van der Waals surface area (Å²) in [6.07, 6.45) is 3.72. The Hall–Kier alpha value is -0.860. The van der Waals surface area contributed by atoms with E-state index in [4.69, 9.17) is 4.74 Å². The van der Waals surface area contributed by atoms with Gasteiger partial charge < -0.3 is 10.1 Å². The average molecular weight is 247 g/mol. The number of nitrogens with one attached hydrogen (secondary N) is 1. The van der Waals surface area contributed by atoms with Crippen LogP contribution in [0.25, 0.3) is 0 Å². The third kappa shape index (κ3) is 2.76. The Labute approximate surface area is 111 Å². The lowest BCUT2D eigenvalue weighted by atomic mass is 9.76. The molecule has 100 valence electrons. The van der Waals surface area contributed by atoms with E-state index in [0.717, 1.165) is 32.4 Å². The van der Waals surface area contributed by atoms with Crippen LogP contribution >= 0.6 is 0 Å². The molecule has 1 aromatic rings. The first-order valence-electron chi connectivity index (χ1n) is 7.04. The van der Waals surface area contributed by atoms with E-state index in [2.05, 4.69) is 43.4 Å². The third-order valence-corrected chi connectivity index (χ3v) is 4.35. The Kier molecular flexibility index (Phi) is 4.41. The van der Waals surface area contributed by atoms with Crippen LogP contribution in [0.5, 0.6) is 0 Å². The topological polar surface area (TPSA) is 21.3 Å². The molecule has 1 aliphatic heterocycles.